The van der Waals surface area contributed by atoms with E-state index in [2.05, 4.69) is 15.5 Å². The number of anilines is 1. The number of carbonyl (C=O) groups is 3. The van der Waals surface area contributed by atoms with Gasteiger partial charge in [0.1, 0.15) is 6.04 Å². The lowest BCUT2D eigenvalue weighted by Gasteiger charge is -2.30. The van der Waals surface area contributed by atoms with Gasteiger partial charge in [-0.25, -0.2) is 0 Å². The molecule has 0 aliphatic carbocycles. The van der Waals surface area contributed by atoms with Gasteiger partial charge in [-0.3, -0.25) is 24.6 Å². The largest absolute Gasteiger partial charge is 0.295 e. The maximum Gasteiger partial charge on any atom is 0.261 e. The van der Waals surface area contributed by atoms with Crippen LogP contribution in [0.15, 0.2) is 24.4 Å². The van der Waals surface area contributed by atoms with E-state index in [1.807, 2.05) is 0 Å². The number of amides is 3. The van der Waals surface area contributed by atoms with Gasteiger partial charge in [-0.05, 0) is 18.6 Å². The third-order valence-corrected chi connectivity index (χ3v) is 3.87. The van der Waals surface area contributed by atoms with Crippen LogP contribution in [0.1, 0.15) is 23.2 Å². The summed E-state index contributed by atoms with van der Waals surface area (Å²) in [5.74, 6) is -1.02. The van der Waals surface area contributed by atoms with E-state index in [4.69, 9.17) is 0 Å². The lowest BCUT2D eigenvalue weighted by Crippen LogP contribution is -2.53. The van der Waals surface area contributed by atoms with Gasteiger partial charge in [0.15, 0.2) is 0 Å². The first-order valence-corrected chi connectivity index (χ1v) is 6.58. The fourth-order valence-corrected chi connectivity index (χ4v) is 2.94. The minimum absolute atomic E-state index is 0.225. The van der Waals surface area contributed by atoms with Crippen LogP contribution in [0.25, 0.3) is 10.9 Å². The average Bonchev–Trinajstić information content (AvgIpc) is 2.75. The van der Waals surface area contributed by atoms with Crippen LogP contribution in [0, 0.1) is 0 Å². The zero-order valence-electron chi connectivity index (χ0n) is 10.9. The number of hydrogen-bond donors (Lipinski definition) is 1. The lowest BCUT2D eigenvalue weighted by molar-refractivity contribution is -0.134. The first-order chi connectivity index (χ1) is 10.2. The van der Waals surface area contributed by atoms with Crippen LogP contribution in [0.5, 0.6) is 0 Å². The molecule has 0 spiro atoms. The van der Waals surface area contributed by atoms with Gasteiger partial charge in [-0.2, -0.15) is 10.2 Å². The molecule has 21 heavy (non-hydrogen) atoms. The zero-order valence-corrected chi connectivity index (χ0v) is 10.9. The standard InChI is InChI=1S/C14H10N4O3/c19-11-5-4-10(13(20)16-11)18-9-3-1-2-8-12(9)7(14(18)21)6-15-17-8/h1-3,6,10H,4-5H2,(H,16,19,20). The highest BCUT2D eigenvalue weighted by atomic mass is 16.2. The summed E-state index contributed by atoms with van der Waals surface area (Å²) >= 11 is 0. The predicted octanol–water partition coefficient (Wildman–Crippen LogP) is 0.395. The van der Waals surface area contributed by atoms with E-state index in [1.54, 1.807) is 18.2 Å². The smallest absolute Gasteiger partial charge is 0.261 e. The summed E-state index contributed by atoms with van der Waals surface area (Å²) in [4.78, 5) is 37.4. The molecule has 4 rings (SSSR count). The predicted molar refractivity (Wildman–Crippen MR) is 72.5 cm³/mol. The van der Waals surface area contributed by atoms with Gasteiger partial charge in [0.2, 0.25) is 11.8 Å². The van der Waals surface area contributed by atoms with Crippen molar-refractivity contribution in [2.24, 2.45) is 0 Å². The topological polar surface area (TPSA) is 92.3 Å². The molecule has 7 nitrogen and oxygen atoms in total. The van der Waals surface area contributed by atoms with Crippen molar-refractivity contribution in [3.05, 3.63) is 30.0 Å². The number of aromatic nitrogens is 2. The summed E-state index contributed by atoms with van der Waals surface area (Å²) in [6, 6.07) is 4.65. The molecule has 2 aromatic rings. The lowest BCUT2D eigenvalue weighted by atomic mass is 10.0. The number of benzene rings is 1. The summed E-state index contributed by atoms with van der Waals surface area (Å²) in [5, 5.41) is 10.8. The van der Waals surface area contributed by atoms with E-state index in [-0.39, 0.29) is 18.2 Å². The fourth-order valence-electron chi connectivity index (χ4n) is 2.94. The maximum atomic E-state index is 12.6. The summed E-state index contributed by atoms with van der Waals surface area (Å²) in [6.07, 6.45) is 1.96. The van der Waals surface area contributed by atoms with E-state index in [0.717, 1.165) is 0 Å². The molecule has 7 heteroatoms. The molecule has 3 heterocycles. The van der Waals surface area contributed by atoms with E-state index >= 15 is 0 Å². The van der Waals surface area contributed by atoms with Crippen molar-refractivity contribution >= 4 is 34.3 Å². The number of hydrogen-bond acceptors (Lipinski definition) is 5. The van der Waals surface area contributed by atoms with Crippen LogP contribution in [-0.4, -0.2) is 34.0 Å². The number of carbonyl (C=O) groups excluding carboxylic acids is 3. The Balaban J connectivity index is 1.86. The molecule has 2 aliphatic heterocycles. The highest BCUT2D eigenvalue weighted by molar-refractivity contribution is 6.26. The van der Waals surface area contributed by atoms with Gasteiger partial charge >= 0.3 is 0 Å². The summed E-state index contributed by atoms with van der Waals surface area (Å²) in [5.41, 5.74) is 1.71. The number of imide groups is 1. The number of nitrogens with zero attached hydrogens (tertiary/aromatic N) is 3. The Morgan fingerprint density at radius 2 is 2.10 bits per heavy atom. The highest BCUT2D eigenvalue weighted by Crippen LogP contribution is 2.38. The highest BCUT2D eigenvalue weighted by Gasteiger charge is 2.40. The molecular weight excluding hydrogens is 272 g/mol. The molecule has 0 bridgehead atoms. The Hall–Kier alpha value is -2.83. The van der Waals surface area contributed by atoms with Crippen molar-refractivity contribution in [3.8, 4) is 0 Å². The van der Waals surface area contributed by atoms with Crippen molar-refractivity contribution in [3.63, 3.8) is 0 Å². The van der Waals surface area contributed by atoms with Crippen molar-refractivity contribution in [1.82, 2.24) is 15.5 Å². The number of rotatable bonds is 1. The molecule has 1 fully saturated rings. The summed E-state index contributed by atoms with van der Waals surface area (Å²) < 4.78 is 0. The SMILES string of the molecule is O=C1CCC(N2C(=O)c3cnnc4cccc2c34)C(=O)N1. The molecule has 0 saturated carbocycles. The molecule has 1 unspecified atom stereocenters. The monoisotopic (exact) mass is 282 g/mol. The van der Waals surface area contributed by atoms with Gasteiger partial charge in [0.25, 0.3) is 5.91 Å². The van der Waals surface area contributed by atoms with Crippen LogP contribution in [-0.2, 0) is 9.59 Å². The zero-order chi connectivity index (χ0) is 14.6. The van der Waals surface area contributed by atoms with Crippen LogP contribution in [0.2, 0.25) is 0 Å². The third kappa shape index (κ3) is 1.57. The van der Waals surface area contributed by atoms with E-state index in [9.17, 15) is 14.4 Å². The number of piperidine rings is 1. The second-order valence-corrected chi connectivity index (χ2v) is 5.07. The van der Waals surface area contributed by atoms with Crippen LogP contribution in [0.3, 0.4) is 0 Å². The van der Waals surface area contributed by atoms with Gasteiger partial charge in [-0.15, -0.1) is 0 Å². The Kier molecular flexibility index (Phi) is 2.32. The minimum Gasteiger partial charge on any atom is -0.295 e. The Morgan fingerprint density at radius 1 is 1.24 bits per heavy atom. The van der Waals surface area contributed by atoms with Crippen molar-refractivity contribution in [1.29, 1.82) is 0 Å². The van der Waals surface area contributed by atoms with Crippen LogP contribution >= 0.6 is 0 Å². The average molecular weight is 282 g/mol. The van der Waals surface area contributed by atoms with Crippen LogP contribution in [0.4, 0.5) is 5.69 Å². The van der Waals surface area contributed by atoms with Gasteiger partial charge in [0.05, 0.1) is 23.0 Å². The molecule has 1 N–H and O–H groups in total. The molecule has 1 atom stereocenters. The Labute approximate surface area is 118 Å². The van der Waals surface area contributed by atoms with Gasteiger partial charge in [-0.1, -0.05) is 6.07 Å². The van der Waals surface area contributed by atoms with Crippen molar-refractivity contribution in [2.45, 2.75) is 18.9 Å². The van der Waals surface area contributed by atoms with Crippen molar-refractivity contribution in [2.75, 3.05) is 4.90 Å². The summed E-state index contributed by atoms with van der Waals surface area (Å²) in [6.45, 7) is 0. The molecule has 1 saturated heterocycles. The van der Waals surface area contributed by atoms with Gasteiger partial charge in [0, 0.05) is 11.8 Å². The molecule has 2 aliphatic rings. The minimum atomic E-state index is -0.673. The molecular formula is C14H10N4O3. The van der Waals surface area contributed by atoms with Crippen LogP contribution < -0.4 is 10.2 Å². The first kappa shape index (κ1) is 12.0. The molecule has 3 amide bonds. The second kappa shape index (κ2) is 4.08. The molecule has 0 radical (unpaired) electrons. The first-order valence-electron chi connectivity index (χ1n) is 6.58. The quantitative estimate of drug-likeness (QED) is 0.764. The summed E-state index contributed by atoms with van der Waals surface area (Å²) in [7, 11) is 0. The molecule has 1 aromatic carbocycles. The fraction of sp³-hybridized carbons (Fsp3) is 0.214. The normalized spacial score (nSPS) is 21.0. The maximum absolute atomic E-state index is 12.6. The van der Waals surface area contributed by atoms with E-state index in [0.29, 0.717) is 28.6 Å². The Morgan fingerprint density at radius 3 is 2.90 bits per heavy atom. The van der Waals surface area contributed by atoms with E-state index < -0.39 is 11.9 Å². The van der Waals surface area contributed by atoms with Crippen molar-refractivity contribution < 1.29 is 14.4 Å². The van der Waals surface area contributed by atoms with Gasteiger partial charge < -0.3 is 0 Å². The second-order valence-electron chi connectivity index (χ2n) is 5.07. The third-order valence-electron chi connectivity index (χ3n) is 3.87. The van der Waals surface area contributed by atoms with E-state index in [1.165, 1.54) is 11.1 Å². The Bertz CT molecular complexity index is 812. The molecule has 104 valence electrons. The number of nitrogens with one attached hydrogen (secondary N) is 1. The molecule has 1 aromatic heterocycles.